The molecule has 0 aliphatic carbocycles. The average Bonchev–Trinajstić information content (AvgIpc) is 3.05. The Morgan fingerprint density at radius 3 is 3.21 bits per heavy atom. The third-order valence-electron chi connectivity index (χ3n) is 3.69. The largest absolute Gasteiger partial charge is 0.480 e. The molecule has 0 atom stereocenters. The number of nitrogens with zero attached hydrogens (tertiary/aromatic N) is 3. The molecule has 3 aromatic rings. The fraction of sp³-hybridized carbons (Fsp3) is 0.125. The first-order chi connectivity index (χ1) is 11.7. The van der Waals surface area contributed by atoms with E-state index in [4.69, 9.17) is 4.74 Å². The Labute approximate surface area is 136 Å². The molecular formula is C16H13N5O3. The number of ether oxygens (including phenoxy) is 1. The maximum absolute atomic E-state index is 12.3. The van der Waals surface area contributed by atoms with Gasteiger partial charge < -0.3 is 10.1 Å². The van der Waals surface area contributed by atoms with Gasteiger partial charge in [0, 0.05) is 17.3 Å². The summed E-state index contributed by atoms with van der Waals surface area (Å²) in [4.78, 5) is 29.8. The standard InChI is InChI=1S/C16H13N5O3/c22-14(19-11-4-3-10-7-18-20-12(10)6-11)8-21-15(23)9-24-13-2-1-5-17-16(13)21/h1-7H,8-9H2,(H,18,20)(H,19,22). The predicted molar refractivity (Wildman–Crippen MR) is 86.8 cm³/mol. The van der Waals surface area contributed by atoms with Crippen LogP contribution in [-0.2, 0) is 9.59 Å². The van der Waals surface area contributed by atoms with Gasteiger partial charge in [-0.1, -0.05) is 0 Å². The van der Waals surface area contributed by atoms with Crippen LogP contribution in [0.15, 0.2) is 42.7 Å². The van der Waals surface area contributed by atoms with E-state index in [1.807, 2.05) is 6.07 Å². The summed E-state index contributed by atoms with van der Waals surface area (Å²) < 4.78 is 5.31. The van der Waals surface area contributed by atoms with Crippen molar-refractivity contribution in [2.24, 2.45) is 0 Å². The average molecular weight is 323 g/mol. The molecule has 0 fully saturated rings. The Bertz CT molecular complexity index is 936. The van der Waals surface area contributed by atoms with Crippen molar-refractivity contribution in [3.8, 4) is 5.75 Å². The van der Waals surface area contributed by atoms with E-state index < -0.39 is 0 Å². The minimum Gasteiger partial charge on any atom is -0.480 e. The monoisotopic (exact) mass is 323 g/mol. The molecule has 0 spiro atoms. The summed E-state index contributed by atoms with van der Waals surface area (Å²) in [7, 11) is 0. The quantitative estimate of drug-likeness (QED) is 0.757. The normalized spacial score (nSPS) is 13.5. The fourth-order valence-electron chi connectivity index (χ4n) is 2.56. The van der Waals surface area contributed by atoms with E-state index in [-0.39, 0.29) is 25.0 Å². The van der Waals surface area contributed by atoms with Gasteiger partial charge in [-0.3, -0.25) is 19.6 Å². The van der Waals surface area contributed by atoms with Crippen molar-refractivity contribution in [1.29, 1.82) is 0 Å². The van der Waals surface area contributed by atoms with Crippen LogP contribution in [0.4, 0.5) is 11.5 Å². The number of carbonyl (C=O) groups is 2. The number of aromatic amines is 1. The Balaban J connectivity index is 1.52. The van der Waals surface area contributed by atoms with Crippen molar-refractivity contribution >= 4 is 34.2 Å². The highest BCUT2D eigenvalue weighted by Crippen LogP contribution is 2.28. The molecule has 8 nitrogen and oxygen atoms in total. The summed E-state index contributed by atoms with van der Waals surface area (Å²) in [6, 6.07) is 8.85. The van der Waals surface area contributed by atoms with Crippen LogP contribution in [0.1, 0.15) is 0 Å². The van der Waals surface area contributed by atoms with E-state index in [0.717, 1.165) is 10.9 Å². The van der Waals surface area contributed by atoms with Crippen LogP contribution in [0.3, 0.4) is 0 Å². The Hall–Kier alpha value is -3.42. The lowest BCUT2D eigenvalue weighted by Gasteiger charge is -2.27. The van der Waals surface area contributed by atoms with Gasteiger partial charge in [-0.05, 0) is 30.3 Å². The lowest BCUT2D eigenvalue weighted by Crippen LogP contribution is -2.43. The summed E-state index contributed by atoms with van der Waals surface area (Å²) in [5, 5.41) is 10.5. The smallest absolute Gasteiger partial charge is 0.266 e. The number of carbonyl (C=O) groups excluding carboxylic acids is 2. The minimum absolute atomic E-state index is 0.105. The van der Waals surface area contributed by atoms with Gasteiger partial charge in [0.15, 0.2) is 18.2 Å². The summed E-state index contributed by atoms with van der Waals surface area (Å²) in [6.07, 6.45) is 3.26. The molecular weight excluding hydrogens is 310 g/mol. The molecule has 24 heavy (non-hydrogen) atoms. The fourth-order valence-corrected chi connectivity index (χ4v) is 2.56. The summed E-state index contributed by atoms with van der Waals surface area (Å²) in [5.41, 5.74) is 1.45. The highest BCUT2D eigenvalue weighted by molar-refractivity contribution is 6.04. The Morgan fingerprint density at radius 1 is 1.38 bits per heavy atom. The first-order valence-corrected chi connectivity index (χ1v) is 7.32. The van der Waals surface area contributed by atoms with Crippen LogP contribution in [0, 0.1) is 0 Å². The molecule has 3 heterocycles. The summed E-state index contributed by atoms with van der Waals surface area (Å²) in [5.74, 6) is 0.220. The maximum atomic E-state index is 12.3. The van der Waals surface area contributed by atoms with E-state index in [2.05, 4.69) is 20.5 Å². The van der Waals surface area contributed by atoms with E-state index in [9.17, 15) is 9.59 Å². The molecule has 2 amide bonds. The molecule has 1 aromatic carbocycles. The maximum Gasteiger partial charge on any atom is 0.266 e. The lowest BCUT2D eigenvalue weighted by molar-refractivity contribution is -0.123. The number of aromatic nitrogens is 3. The zero-order valence-corrected chi connectivity index (χ0v) is 12.5. The molecule has 0 saturated carbocycles. The highest BCUT2D eigenvalue weighted by Gasteiger charge is 2.28. The molecule has 0 radical (unpaired) electrons. The number of amides is 2. The number of anilines is 2. The molecule has 2 aromatic heterocycles. The van der Waals surface area contributed by atoms with E-state index in [0.29, 0.717) is 17.3 Å². The molecule has 1 aliphatic heterocycles. The van der Waals surface area contributed by atoms with Gasteiger partial charge in [-0.15, -0.1) is 0 Å². The molecule has 120 valence electrons. The molecule has 0 bridgehead atoms. The van der Waals surface area contributed by atoms with Crippen LogP contribution in [0.2, 0.25) is 0 Å². The number of benzene rings is 1. The second-order valence-electron chi connectivity index (χ2n) is 5.31. The number of hydrogen-bond acceptors (Lipinski definition) is 5. The highest BCUT2D eigenvalue weighted by atomic mass is 16.5. The van der Waals surface area contributed by atoms with Gasteiger partial charge >= 0.3 is 0 Å². The van der Waals surface area contributed by atoms with E-state index in [1.165, 1.54) is 4.90 Å². The van der Waals surface area contributed by atoms with Gasteiger partial charge in [0.2, 0.25) is 5.91 Å². The molecule has 4 rings (SSSR count). The molecule has 1 aliphatic rings. The van der Waals surface area contributed by atoms with Crippen LogP contribution in [0.25, 0.3) is 10.9 Å². The van der Waals surface area contributed by atoms with Crippen molar-refractivity contribution in [3.63, 3.8) is 0 Å². The van der Waals surface area contributed by atoms with Crippen molar-refractivity contribution in [1.82, 2.24) is 15.2 Å². The van der Waals surface area contributed by atoms with Crippen LogP contribution >= 0.6 is 0 Å². The summed E-state index contributed by atoms with van der Waals surface area (Å²) in [6.45, 7) is -0.237. The predicted octanol–water partition coefficient (Wildman–Crippen LogP) is 1.32. The topological polar surface area (TPSA) is 100 Å². The van der Waals surface area contributed by atoms with Gasteiger partial charge in [0.05, 0.1) is 11.7 Å². The number of H-pyrrole nitrogens is 1. The van der Waals surface area contributed by atoms with Crippen molar-refractivity contribution in [2.75, 3.05) is 23.4 Å². The second kappa shape index (κ2) is 5.65. The van der Waals surface area contributed by atoms with Gasteiger partial charge in [0.25, 0.3) is 5.91 Å². The number of nitrogens with one attached hydrogen (secondary N) is 2. The van der Waals surface area contributed by atoms with Crippen LogP contribution < -0.4 is 15.0 Å². The number of pyridine rings is 1. The van der Waals surface area contributed by atoms with Crippen molar-refractivity contribution in [2.45, 2.75) is 0 Å². The van der Waals surface area contributed by atoms with E-state index >= 15 is 0 Å². The van der Waals surface area contributed by atoms with Crippen molar-refractivity contribution < 1.29 is 14.3 Å². The Morgan fingerprint density at radius 2 is 2.29 bits per heavy atom. The Kier molecular flexibility index (Phi) is 3.34. The first-order valence-electron chi connectivity index (χ1n) is 7.32. The number of rotatable bonds is 3. The number of fused-ring (bicyclic) bond motifs is 2. The SMILES string of the molecule is O=C(CN1C(=O)COc2cccnc21)Nc1ccc2cn[nH]c2c1. The first kappa shape index (κ1) is 14.2. The number of hydrogen-bond donors (Lipinski definition) is 2. The third kappa shape index (κ3) is 2.54. The zero-order valence-electron chi connectivity index (χ0n) is 12.5. The second-order valence-corrected chi connectivity index (χ2v) is 5.31. The molecule has 2 N–H and O–H groups in total. The van der Waals surface area contributed by atoms with Crippen LogP contribution in [0.5, 0.6) is 5.75 Å². The van der Waals surface area contributed by atoms with Gasteiger partial charge in [0.1, 0.15) is 6.54 Å². The molecule has 8 heteroatoms. The third-order valence-corrected chi connectivity index (χ3v) is 3.69. The summed E-state index contributed by atoms with van der Waals surface area (Å²) >= 11 is 0. The van der Waals surface area contributed by atoms with E-state index in [1.54, 1.807) is 36.7 Å². The lowest BCUT2D eigenvalue weighted by atomic mass is 10.2. The van der Waals surface area contributed by atoms with Gasteiger partial charge in [-0.2, -0.15) is 5.10 Å². The molecule has 0 unspecified atom stereocenters. The van der Waals surface area contributed by atoms with Gasteiger partial charge in [-0.25, -0.2) is 4.98 Å². The van der Waals surface area contributed by atoms with Crippen molar-refractivity contribution in [3.05, 3.63) is 42.7 Å². The van der Waals surface area contributed by atoms with Crippen LogP contribution in [-0.4, -0.2) is 40.1 Å². The molecule has 0 saturated heterocycles. The zero-order chi connectivity index (χ0) is 16.5. The minimum atomic E-state index is -0.319.